The highest BCUT2D eigenvalue weighted by Crippen LogP contribution is 2.43. The van der Waals surface area contributed by atoms with E-state index in [-0.39, 0.29) is 11.5 Å². The van der Waals surface area contributed by atoms with Crippen LogP contribution in [0.1, 0.15) is 34.6 Å². The average Bonchev–Trinajstić information content (AvgIpc) is 1.83. The summed E-state index contributed by atoms with van der Waals surface area (Å²) in [6.45, 7) is 9.65. The van der Waals surface area contributed by atoms with Crippen LogP contribution in [0.3, 0.4) is 0 Å². The first-order chi connectivity index (χ1) is 5.62. The topological polar surface area (TPSA) is 38.7 Å². The van der Waals surface area contributed by atoms with Crippen molar-refractivity contribution in [2.24, 2.45) is 0 Å². The quantitative estimate of drug-likeness (QED) is 0.657. The second-order valence-electron chi connectivity index (χ2n) is 4.47. The van der Waals surface area contributed by atoms with Crippen LogP contribution in [0.25, 0.3) is 0 Å². The van der Waals surface area contributed by atoms with Crippen LogP contribution in [0, 0.1) is 0 Å². The minimum Gasteiger partial charge on any atom is -0.364 e. The molecule has 0 bridgehead atoms. The van der Waals surface area contributed by atoms with Crippen molar-refractivity contribution < 1.29 is 14.6 Å². The molecule has 1 aliphatic heterocycles. The first kappa shape index (κ1) is 11.3. The third-order valence-electron chi connectivity index (χ3n) is 1.64. The van der Waals surface area contributed by atoms with E-state index in [0.717, 1.165) is 0 Å². The summed E-state index contributed by atoms with van der Waals surface area (Å²) in [5.41, 5.74) is 0. The fourth-order valence-electron chi connectivity index (χ4n) is 1.51. The van der Waals surface area contributed by atoms with Crippen molar-refractivity contribution in [3.63, 3.8) is 0 Å². The Morgan fingerprint density at radius 2 is 1.62 bits per heavy atom. The third kappa shape index (κ3) is 3.46. The molecule has 0 aromatic carbocycles. The molecule has 1 N–H and O–H groups in total. The highest BCUT2D eigenvalue weighted by atomic mass is 32.2. The molecule has 0 spiro atoms. The molecule has 1 heterocycles. The van der Waals surface area contributed by atoms with Crippen molar-refractivity contribution >= 4 is 11.8 Å². The van der Waals surface area contributed by atoms with Crippen LogP contribution in [0.15, 0.2) is 0 Å². The lowest BCUT2D eigenvalue weighted by Gasteiger charge is -2.31. The minimum atomic E-state index is -1.19. The normalized spacial score (nSPS) is 38.3. The predicted molar refractivity (Wildman–Crippen MR) is 53.4 cm³/mol. The Balaban J connectivity index is 2.82. The molecule has 1 rings (SSSR count). The molecule has 0 radical (unpaired) electrons. The number of hydrogen-bond acceptors (Lipinski definition) is 4. The Bertz CT molecular complexity index is 179. The Kier molecular flexibility index (Phi) is 2.71. The molecule has 0 amide bonds. The molecule has 1 atom stereocenters. The molecule has 3 nitrogen and oxygen atoms in total. The van der Waals surface area contributed by atoms with E-state index >= 15 is 0 Å². The van der Waals surface area contributed by atoms with E-state index in [0.29, 0.717) is 0 Å². The molecule has 1 fully saturated rings. The maximum Gasteiger partial charge on any atom is 0.188 e. The van der Waals surface area contributed by atoms with E-state index in [1.807, 2.05) is 27.7 Å². The lowest BCUT2D eigenvalue weighted by atomic mass is 10.3. The lowest BCUT2D eigenvalue weighted by molar-refractivity contribution is -0.243. The molecule has 78 valence electrons. The SMILES string of the molecule is CC1(O)COC(C)(C)SC(C)(C)O1. The molecule has 0 aromatic rings. The highest BCUT2D eigenvalue weighted by Gasteiger charge is 2.41. The van der Waals surface area contributed by atoms with Gasteiger partial charge in [-0.3, -0.25) is 0 Å². The van der Waals surface area contributed by atoms with Crippen LogP contribution in [-0.2, 0) is 9.47 Å². The Hall–Kier alpha value is 0.230. The van der Waals surface area contributed by atoms with Crippen molar-refractivity contribution in [3.05, 3.63) is 0 Å². The first-order valence-electron chi connectivity index (χ1n) is 4.39. The van der Waals surface area contributed by atoms with Crippen molar-refractivity contribution in [2.45, 2.75) is 50.3 Å². The van der Waals surface area contributed by atoms with E-state index in [1.165, 1.54) is 0 Å². The third-order valence-corrected chi connectivity index (χ3v) is 2.83. The molecule has 1 aliphatic rings. The van der Waals surface area contributed by atoms with Crippen molar-refractivity contribution in [1.82, 2.24) is 0 Å². The van der Waals surface area contributed by atoms with Gasteiger partial charge in [-0.05, 0) is 34.6 Å². The summed E-state index contributed by atoms with van der Waals surface area (Å²) in [6.07, 6.45) is 0. The fourth-order valence-corrected chi connectivity index (χ4v) is 3.03. The van der Waals surface area contributed by atoms with E-state index in [2.05, 4.69) is 0 Å². The van der Waals surface area contributed by atoms with Gasteiger partial charge >= 0.3 is 0 Å². The van der Waals surface area contributed by atoms with Gasteiger partial charge in [0, 0.05) is 0 Å². The van der Waals surface area contributed by atoms with E-state index < -0.39 is 10.7 Å². The van der Waals surface area contributed by atoms with Gasteiger partial charge in [0.2, 0.25) is 0 Å². The molecule has 1 saturated heterocycles. The van der Waals surface area contributed by atoms with Crippen LogP contribution < -0.4 is 0 Å². The van der Waals surface area contributed by atoms with Crippen molar-refractivity contribution in [3.8, 4) is 0 Å². The fraction of sp³-hybridized carbons (Fsp3) is 1.00. The molecule has 4 heteroatoms. The Labute approximate surface area is 83.8 Å². The molecular formula is C9H18O3S. The van der Waals surface area contributed by atoms with Crippen LogP contribution in [0.5, 0.6) is 0 Å². The number of thioether (sulfide) groups is 1. The van der Waals surface area contributed by atoms with Crippen LogP contribution in [0.2, 0.25) is 0 Å². The summed E-state index contributed by atoms with van der Waals surface area (Å²) in [5, 5.41) is 9.76. The molecule has 0 saturated carbocycles. The van der Waals surface area contributed by atoms with Gasteiger partial charge in [0.05, 0.1) is 0 Å². The predicted octanol–water partition coefficient (Wildman–Crippen LogP) is 1.95. The zero-order chi connectivity index (χ0) is 10.3. The summed E-state index contributed by atoms with van der Waals surface area (Å²) in [5.74, 6) is -1.19. The summed E-state index contributed by atoms with van der Waals surface area (Å²) in [4.78, 5) is -0.743. The standard InChI is InChI=1S/C9H18O3S/c1-7(2)11-6-9(5,10)12-8(3,4)13-7/h10H,6H2,1-5H3. The largest absolute Gasteiger partial charge is 0.364 e. The zero-order valence-corrected chi connectivity index (χ0v) is 9.70. The van der Waals surface area contributed by atoms with Crippen LogP contribution in [0.4, 0.5) is 0 Å². The molecular weight excluding hydrogens is 188 g/mol. The first-order valence-corrected chi connectivity index (χ1v) is 5.20. The highest BCUT2D eigenvalue weighted by molar-refractivity contribution is 8.01. The monoisotopic (exact) mass is 206 g/mol. The van der Waals surface area contributed by atoms with Gasteiger partial charge in [0.1, 0.15) is 16.5 Å². The number of ether oxygens (including phenoxy) is 2. The van der Waals surface area contributed by atoms with E-state index in [1.54, 1.807) is 18.7 Å². The Morgan fingerprint density at radius 3 is 2.15 bits per heavy atom. The van der Waals surface area contributed by atoms with Crippen molar-refractivity contribution in [1.29, 1.82) is 0 Å². The van der Waals surface area contributed by atoms with Crippen LogP contribution >= 0.6 is 11.8 Å². The second kappa shape index (κ2) is 3.12. The summed E-state index contributed by atoms with van der Waals surface area (Å²) < 4.78 is 11.0. The van der Waals surface area contributed by atoms with Gasteiger partial charge in [-0.1, -0.05) is 11.8 Å². The molecule has 0 aliphatic carbocycles. The van der Waals surface area contributed by atoms with Gasteiger partial charge < -0.3 is 14.6 Å². The summed E-state index contributed by atoms with van der Waals surface area (Å²) >= 11 is 1.56. The van der Waals surface area contributed by atoms with Gasteiger partial charge in [-0.2, -0.15) is 0 Å². The molecule has 13 heavy (non-hydrogen) atoms. The summed E-state index contributed by atoms with van der Waals surface area (Å²) in [6, 6.07) is 0. The minimum absolute atomic E-state index is 0.205. The number of rotatable bonds is 0. The van der Waals surface area contributed by atoms with Crippen molar-refractivity contribution in [2.75, 3.05) is 6.61 Å². The van der Waals surface area contributed by atoms with Crippen LogP contribution in [-0.4, -0.2) is 27.4 Å². The van der Waals surface area contributed by atoms with Gasteiger partial charge in [-0.15, -0.1) is 0 Å². The van der Waals surface area contributed by atoms with Gasteiger partial charge in [0.15, 0.2) is 5.79 Å². The Morgan fingerprint density at radius 1 is 1.08 bits per heavy atom. The molecule has 0 aromatic heterocycles. The molecule has 1 unspecified atom stereocenters. The maximum atomic E-state index is 9.76. The zero-order valence-electron chi connectivity index (χ0n) is 8.88. The van der Waals surface area contributed by atoms with E-state index in [4.69, 9.17) is 9.47 Å². The second-order valence-corrected chi connectivity index (χ2v) is 6.64. The smallest absolute Gasteiger partial charge is 0.188 e. The van der Waals surface area contributed by atoms with Gasteiger partial charge in [-0.25, -0.2) is 0 Å². The number of hydrogen-bond donors (Lipinski definition) is 1. The van der Waals surface area contributed by atoms with Gasteiger partial charge in [0.25, 0.3) is 0 Å². The lowest BCUT2D eigenvalue weighted by Crippen LogP contribution is -2.38. The number of aliphatic hydroxyl groups is 1. The van der Waals surface area contributed by atoms with E-state index in [9.17, 15) is 5.11 Å². The summed E-state index contributed by atoms with van der Waals surface area (Å²) in [7, 11) is 0. The maximum absolute atomic E-state index is 9.76. The average molecular weight is 206 g/mol.